The van der Waals surface area contributed by atoms with E-state index in [-0.39, 0.29) is 53.4 Å². The molecule has 0 saturated carbocycles. The van der Waals surface area contributed by atoms with E-state index in [0.717, 1.165) is 24.1 Å². The van der Waals surface area contributed by atoms with Crippen LogP contribution in [0.2, 0.25) is 0 Å². The van der Waals surface area contributed by atoms with E-state index in [0.29, 0.717) is 64.8 Å². The molecule has 0 radical (unpaired) electrons. The highest BCUT2D eigenvalue weighted by Gasteiger charge is 2.43. The third-order valence-corrected chi connectivity index (χ3v) is 10.4. The van der Waals surface area contributed by atoms with E-state index in [1.807, 2.05) is 60.5 Å². The van der Waals surface area contributed by atoms with Crippen LogP contribution in [0.3, 0.4) is 0 Å². The fourth-order valence-corrected chi connectivity index (χ4v) is 6.50. The van der Waals surface area contributed by atoms with Gasteiger partial charge >= 0.3 is 11.9 Å². The van der Waals surface area contributed by atoms with Gasteiger partial charge in [0.15, 0.2) is 23.0 Å². The molecule has 14 heteroatoms. The average Bonchev–Trinajstić information content (AvgIpc) is 3.15. The smallest absolute Gasteiger partial charge is 0.311 e. The van der Waals surface area contributed by atoms with Crippen molar-refractivity contribution < 1.29 is 53.8 Å². The van der Waals surface area contributed by atoms with Gasteiger partial charge in [0.2, 0.25) is 11.8 Å². The second-order valence-electron chi connectivity index (χ2n) is 17.0. The lowest BCUT2D eigenvalue weighted by molar-refractivity contribution is -0.158. The number of ether oxygens (including phenoxy) is 3. The van der Waals surface area contributed by atoms with Crippen LogP contribution in [0.5, 0.6) is 23.0 Å². The van der Waals surface area contributed by atoms with Crippen molar-refractivity contribution in [2.24, 2.45) is 21.7 Å². The van der Waals surface area contributed by atoms with Gasteiger partial charge in [-0.3, -0.25) is 19.2 Å². The lowest BCUT2D eigenvalue weighted by atomic mass is 9.71. The van der Waals surface area contributed by atoms with E-state index in [4.69, 9.17) is 14.2 Å². The molecule has 0 aliphatic rings. The Morgan fingerprint density at radius 2 is 1.02 bits per heavy atom. The molecule has 0 bridgehead atoms. The number of hydrogen-bond donors (Lipinski definition) is 6. The Hall–Kier alpha value is -4.56. The predicted molar refractivity (Wildman–Crippen MR) is 224 cm³/mol. The number of phenols is 4. The SMILES string of the molecule is CCC(C)(CC(C)(C)C(=O)OCCCN(C)C)C(=O)NCCc1ccc(O)c(O)c1.CCC(C)(CC(C)(C)C(=O)OCCOC)C(=O)NCCc1ccc(O)c(O)c1. The molecule has 2 unspecified atom stereocenters. The highest BCUT2D eigenvalue weighted by atomic mass is 16.6. The van der Waals surface area contributed by atoms with Gasteiger partial charge in [0.05, 0.1) is 24.0 Å². The maximum Gasteiger partial charge on any atom is 0.311 e. The molecule has 2 aromatic carbocycles. The largest absolute Gasteiger partial charge is 0.504 e. The van der Waals surface area contributed by atoms with E-state index in [1.165, 1.54) is 31.4 Å². The minimum absolute atomic E-state index is 0.110. The molecule has 0 heterocycles. The van der Waals surface area contributed by atoms with Gasteiger partial charge in [0, 0.05) is 37.6 Å². The molecule has 2 aromatic rings. The number of phenolic OH excluding ortho intramolecular Hbond substituents is 4. The first kappa shape index (κ1) is 51.5. The summed E-state index contributed by atoms with van der Waals surface area (Å²) in [5.74, 6) is -1.58. The molecule has 328 valence electrons. The first-order valence-corrected chi connectivity index (χ1v) is 20.0. The molecule has 2 rings (SSSR count). The quantitative estimate of drug-likeness (QED) is 0.0444. The normalized spacial score (nSPS) is 13.7. The van der Waals surface area contributed by atoms with Crippen LogP contribution in [-0.2, 0) is 46.2 Å². The summed E-state index contributed by atoms with van der Waals surface area (Å²) < 4.78 is 15.6. The van der Waals surface area contributed by atoms with Gasteiger partial charge in [-0.1, -0.05) is 39.8 Å². The third-order valence-electron chi connectivity index (χ3n) is 10.4. The van der Waals surface area contributed by atoms with Crippen molar-refractivity contribution in [2.75, 3.05) is 60.7 Å². The molecule has 0 aliphatic heterocycles. The van der Waals surface area contributed by atoms with Crippen LogP contribution in [0, 0.1) is 21.7 Å². The van der Waals surface area contributed by atoms with Crippen LogP contribution in [-0.4, -0.2) is 110 Å². The van der Waals surface area contributed by atoms with Gasteiger partial charge in [0.1, 0.15) is 6.61 Å². The molecule has 0 aliphatic carbocycles. The summed E-state index contributed by atoms with van der Waals surface area (Å²) in [4.78, 5) is 52.7. The number of nitrogens with zero attached hydrogens (tertiary/aromatic N) is 1. The first-order chi connectivity index (χ1) is 27.0. The fourth-order valence-electron chi connectivity index (χ4n) is 6.50. The Labute approximate surface area is 345 Å². The minimum atomic E-state index is -0.807. The van der Waals surface area contributed by atoms with Gasteiger partial charge in [-0.05, 0) is 122 Å². The molecule has 2 atom stereocenters. The molecule has 14 nitrogen and oxygen atoms in total. The highest BCUT2D eigenvalue weighted by molar-refractivity contribution is 5.85. The Morgan fingerprint density at radius 1 is 0.621 bits per heavy atom. The number of amides is 2. The summed E-state index contributed by atoms with van der Waals surface area (Å²) in [6.45, 7) is 17.3. The summed E-state index contributed by atoms with van der Waals surface area (Å²) >= 11 is 0. The van der Waals surface area contributed by atoms with Crippen molar-refractivity contribution >= 4 is 23.8 Å². The van der Waals surface area contributed by atoms with Gasteiger partial charge in [-0.2, -0.15) is 0 Å². The lowest BCUT2D eigenvalue weighted by Gasteiger charge is -2.34. The van der Waals surface area contributed by atoms with Crippen molar-refractivity contribution in [2.45, 2.75) is 100 Å². The van der Waals surface area contributed by atoms with Crippen LogP contribution in [0.4, 0.5) is 0 Å². The molecule has 0 saturated heterocycles. The average molecular weight is 818 g/mol. The van der Waals surface area contributed by atoms with Crippen molar-refractivity contribution in [1.82, 2.24) is 15.5 Å². The summed E-state index contributed by atoms with van der Waals surface area (Å²) in [5.41, 5.74) is -1.40. The van der Waals surface area contributed by atoms with Crippen molar-refractivity contribution in [3.63, 3.8) is 0 Å². The van der Waals surface area contributed by atoms with Crippen LogP contribution >= 0.6 is 0 Å². The molecule has 0 spiro atoms. The molecular weight excluding hydrogens is 746 g/mol. The zero-order valence-electron chi connectivity index (χ0n) is 36.8. The lowest BCUT2D eigenvalue weighted by Crippen LogP contribution is -2.44. The number of carbonyl (C=O) groups excluding carboxylic acids is 4. The fraction of sp³-hybridized carbons (Fsp3) is 0.636. The van der Waals surface area contributed by atoms with Crippen LogP contribution in [0.15, 0.2) is 36.4 Å². The Balaban J connectivity index is 0.000000581. The zero-order valence-corrected chi connectivity index (χ0v) is 36.8. The van der Waals surface area contributed by atoms with Crippen LogP contribution in [0.25, 0.3) is 0 Å². The number of carbonyl (C=O) groups is 4. The van der Waals surface area contributed by atoms with Crippen LogP contribution in [0.1, 0.15) is 98.6 Å². The van der Waals surface area contributed by atoms with Crippen molar-refractivity contribution in [1.29, 1.82) is 0 Å². The number of benzene rings is 2. The molecule has 0 fully saturated rings. The monoisotopic (exact) mass is 818 g/mol. The van der Waals surface area contributed by atoms with E-state index in [2.05, 4.69) is 10.6 Å². The van der Waals surface area contributed by atoms with Gasteiger partial charge in [-0.15, -0.1) is 0 Å². The first-order valence-electron chi connectivity index (χ1n) is 20.0. The second kappa shape index (κ2) is 23.7. The number of aromatic hydroxyl groups is 4. The number of hydrogen-bond acceptors (Lipinski definition) is 12. The van der Waals surface area contributed by atoms with Crippen molar-refractivity contribution in [3.05, 3.63) is 47.5 Å². The molecular formula is C44H71N3O11. The summed E-state index contributed by atoms with van der Waals surface area (Å²) in [7, 11) is 5.49. The van der Waals surface area contributed by atoms with Gasteiger partial charge < -0.3 is 50.2 Å². The Bertz CT molecular complexity index is 1630. The zero-order chi connectivity index (χ0) is 44.3. The minimum Gasteiger partial charge on any atom is -0.504 e. The van der Waals surface area contributed by atoms with Crippen LogP contribution < -0.4 is 10.6 Å². The van der Waals surface area contributed by atoms with Gasteiger partial charge in [0.25, 0.3) is 0 Å². The molecule has 6 N–H and O–H groups in total. The Kier molecular flexibility index (Phi) is 21.1. The highest BCUT2D eigenvalue weighted by Crippen LogP contribution is 2.39. The van der Waals surface area contributed by atoms with E-state index in [9.17, 15) is 39.6 Å². The standard InChI is InChI=1S/C23H38N2O5.C21H33NO6/c1-7-23(4,16-22(2,3)21(29)30-14-8-13-25(5)6)20(28)24-12-11-17-9-10-18(26)19(27)15-17;1-6-21(4,14-20(2,3)19(26)28-12-11-27-5)18(25)22-10-9-15-7-8-16(23)17(24)13-15/h9-10,15,26-27H,7-8,11-14,16H2,1-6H3,(H,24,28);7-8,13,23-24H,6,9-12,14H2,1-5H3,(H,22,25). The van der Waals surface area contributed by atoms with Gasteiger partial charge in [-0.25, -0.2) is 0 Å². The number of methoxy groups -OCH3 is 1. The number of rotatable bonds is 23. The predicted octanol–water partition coefficient (Wildman–Crippen LogP) is 5.86. The topological polar surface area (TPSA) is 204 Å². The molecule has 0 aromatic heterocycles. The molecule has 58 heavy (non-hydrogen) atoms. The summed E-state index contributed by atoms with van der Waals surface area (Å²) in [6, 6.07) is 9.19. The summed E-state index contributed by atoms with van der Waals surface area (Å²) in [5, 5.41) is 43.7. The van der Waals surface area contributed by atoms with E-state index < -0.39 is 21.7 Å². The molecule has 2 amide bonds. The maximum atomic E-state index is 12.9. The second-order valence-corrected chi connectivity index (χ2v) is 17.0. The van der Waals surface area contributed by atoms with E-state index >= 15 is 0 Å². The number of nitrogens with one attached hydrogen (secondary N) is 2. The third kappa shape index (κ3) is 17.1. The van der Waals surface area contributed by atoms with Crippen molar-refractivity contribution in [3.8, 4) is 23.0 Å². The maximum absolute atomic E-state index is 12.9. The van der Waals surface area contributed by atoms with E-state index in [1.54, 1.807) is 26.0 Å². The number of esters is 2. The summed E-state index contributed by atoms with van der Waals surface area (Å²) in [6.07, 6.45) is 3.72. The Morgan fingerprint density at radius 3 is 1.36 bits per heavy atom.